The number of imide groups is 1. The van der Waals surface area contributed by atoms with Gasteiger partial charge in [-0.05, 0) is 54.8 Å². The van der Waals surface area contributed by atoms with E-state index >= 15 is 0 Å². The third-order valence-corrected chi connectivity index (χ3v) is 4.93. The van der Waals surface area contributed by atoms with E-state index in [1.165, 1.54) is 18.2 Å². The van der Waals surface area contributed by atoms with Crippen LogP contribution in [0.3, 0.4) is 0 Å². The molecule has 9 heteroatoms. The first kappa shape index (κ1) is 24.2. The Balaban J connectivity index is 1.92. The maximum atomic E-state index is 12.5. The Morgan fingerprint density at radius 3 is 2.47 bits per heavy atom. The SMILES string of the molecule is C=CCc1cc(/C=C2/NC(=O)N(CC=C)C2=O)cc(OCC)c1OCc1ccc([N+](=O)[O-])cc1. The van der Waals surface area contributed by atoms with E-state index < -0.39 is 16.9 Å². The van der Waals surface area contributed by atoms with E-state index in [2.05, 4.69) is 18.5 Å². The average Bonchev–Trinajstić information content (AvgIpc) is 3.07. The van der Waals surface area contributed by atoms with Crippen LogP contribution < -0.4 is 14.8 Å². The summed E-state index contributed by atoms with van der Waals surface area (Å²) in [7, 11) is 0. The maximum absolute atomic E-state index is 12.5. The number of amides is 3. The highest BCUT2D eigenvalue weighted by Crippen LogP contribution is 2.35. The molecule has 176 valence electrons. The molecule has 34 heavy (non-hydrogen) atoms. The van der Waals surface area contributed by atoms with Gasteiger partial charge >= 0.3 is 6.03 Å². The number of nitrogens with zero attached hydrogens (tertiary/aromatic N) is 2. The van der Waals surface area contributed by atoms with E-state index in [-0.39, 0.29) is 24.5 Å². The molecular weight excluding hydrogens is 438 g/mol. The Labute approximate surface area is 197 Å². The molecule has 0 aliphatic carbocycles. The second-order valence-electron chi connectivity index (χ2n) is 7.34. The van der Waals surface area contributed by atoms with Gasteiger partial charge in [0.2, 0.25) is 0 Å². The van der Waals surface area contributed by atoms with Crippen LogP contribution in [0.4, 0.5) is 10.5 Å². The number of nitro groups is 1. The fourth-order valence-electron chi connectivity index (χ4n) is 3.40. The van der Waals surface area contributed by atoms with Crippen molar-refractivity contribution in [2.45, 2.75) is 20.0 Å². The number of ether oxygens (including phenoxy) is 2. The quantitative estimate of drug-likeness (QED) is 0.174. The van der Waals surface area contributed by atoms with Gasteiger partial charge in [-0.25, -0.2) is 4.79 Å². The summed E-state index contributed by atoms with van der Waals surface area (Å²) in [4.78, 5) is 36.1. The zero-order chi connectivity index (χ0) is 24.7. The van der Waals surface area contributed by atoms with Gasteiger partial charge in [0, 0.05) is 24.2 Å². The molecule has 1 aliphatic rings. The van der Waals surface area contributed by atoms with Gasteiger partial charge in [0.05, 0.1) is 11.5 Å². The van der Waals surface area contributed by atoms with Crippen molar-refractivity contribution in [1.29, 1.82) is 0 Å². The molecule has 2 aromatic carbocycles. The largest absolute Gasteiger partial charge is 0.490 e. The second kappa shape index (κ2) is 11.0. The number of rotatable bonds is 11. The molecule has 1 N–H and O–H groups in total. The topological polar surface area (TPSA) is 111 Å². The molecule has 1 heterocycles. The highest BCUT2D eigenvalue weighted by atomic mass is 16.6. The summed E-state index contributed by atoms with van der Waals surface area (Å²) in [6.45, 7) is 9.87. The van der Waals surface area contributed by atoms with Crippen molar-refractivity contribution in [3.8, 4) is 11.5 Å². The lowest BCUT2D eigenvalue weighted by Crippen LogP contribution is -2.30. The monoisotopic (exact) mass is 463 g/mol. The summed E-state index contributed by atoms with van der Waals surface area (Å²) in [5.41, 5.74) is 2.33. The molecule has 0 aromatic heterocycles. The summed E-state index contributed by atoms with van der Waals surface area (Å²) < 4.78 is 11.9. The minimum absolute atomic E-state index is 0.00342. The Bertz CT molecular complexity index is 1150. The molecule has 0 radical (unpaired) electrons. The van der Waals surface area contributed by atoms with Gasteiger partial charge in [0.15, 0.2) is 11.5 Å². The van der Waals surface area contributed by atoms with E-state index in [1.54, 1.807) is 30.4 Å². The van der Waals surface area contributed by atoms with Crippen LogP contribution in [0.1, 0.15) is 23.6 Å². The fraction of sp³-hybridized carbons (Fsp3) is 0.200. The molecule has 9 nitrogen and oxygen atoms in total. The summed E-state index contributed by atoms with van der Waals surface area (Å²) in [5.74, 6) is 0.541. The molecule has 1 aliphatic heterocycles. The first-order valence-corrected chi connectivity index (χ1v) is 10.6. The highest BCUT2D eigenvalue weighted by molar-refractivity contribution is 6.14. The van der Waals surface area contributed by atoms with Crippen molar-refractivity contribution in [2.24, 2.45) is 0 Å². The predicted molar refractivity (Wildman–Crippen MR) is 127 cm³/mol. The lowest BCUT2D eigenvalue weighted by atomic mass is 10.0. The maximum Gasteiger partial charge on any atom is 0.329 e. The second-order valence-corrected chi connectivity index (χ2v) is 7.34. The molecule has 1 saturated heterocycles. The van der Waals surface area contributed by atoms with Crippen LogP contribution in [-0.4, -0.2) is 34.9 Å². The third kappa shape index (κ3) is 5.50. The number of allylic oxidation sites excluding steroid dienone is 1. The molecule has 1 fully saturated rings. The summed E-state index contributed by atoms with van der Waals surface area (Å²) in [6, 6.07) is 9.16. The number of urea groups is 1. The number of non-ortho nitro benzene ring substituents is 1. The Hall–Kier alpha value is -4.40. The molecule has 3 rings (SSSR count). The molecular formula is C25H25N3O6. The van der Waals surface area contributed by atoms with E-state index in [0.717, 1.165) is 16.0 Å². The molecule has 0 spiro atoms. The Morgan fingerprint density at radius 1 is 1.12 bits per heavy atom. The minimum atomic E-state index is -0.504. The van der Waals surface area contributed by atoms with Crippen molar-refractivity contribution in [2.75, 3.05) is 13.2 Å². The van der Waals surface area contributed by atoms with Crippen molar-refractivity contribution < 1.29 is 24.0 Å². The van der Waals surface area contributed by atoms with Gasteiger partial charge in [-0.15, -0.1) is 13.2 Å². The van der Waals surface area contributed by atoms with Crippen molar-refractivity contribution in [1.82, 2.24) is 10.2 Å². The minimum Gasteiger partial charge on any atom is -0.490 e. The van der Waals surface area contributed by atoms with E-state index in [0.29, 0.717) is 30.1 Å². The summed E-state index contributed by atoms with van der Waals surface area (Å²) in [6.07, 6.45) is 5.25. The third-order valence-electron chi connectivity index (χ3n) is 4.93. The lowest BCUT2D eigenvalue weighted by Gasteiger charge is -2.17. The van der Waals surface area contributed by atoms with Crippen LogP contribution in [-0.2, 0) is 17.8 Å². The Kier molecular flexibility index (Phi) is 7.81. The number of benzene rings is 2. The number of nitro benzene ring substituents is 1. The Morgan fingerprint density at radius 2 is 1.85 bits per heavy atom. The smallest absolute Gasteiger partial charge is 0.329 e. The predicted octanol–water partition coefficient (Wildman–Crippen LogP) is 4.38. The highest BCUT2D eigenvalue weighted by Gasteiger charge is 2.32. The van der Waals surface area contributed by atoms with Crippen molar-refractivity contribution in [3.63, 3.8) is 0 Å². The zero-order valence-corrected chi connectivity index (χ0v) is 18.8. The van der Waals surface area contributed by atoms with Gasteiger partial charge in [-0.2, -0.15) is 0 Å². The number of hydrogen-bond donors (Lipinski definition) is 1. The summed E-state index contributed by atoms with van der Waals surface area (Å²) >= 11 is 0. The van der Waals surface area contributed by atoms with Crippen LogP contribution in [0.15, 0.2) is 67.4 Å². The normalized spacial score (nSPS) is 14.1. The standard InChI is InChI=1S/C25H25N3O6/c1-4-7-19-13-18(14-21-24(29)27(12-5-2)25(30)26-21)15-22(33-6-3)23(19)34-16-17-8-10-20(11-9-17)28(31)32/h4-5,8-11,13-15H,1-2,6-7,12,16H2,3H3,(H,26,30)/b21-14+. The van der Waals surface area contributed by atoms with Crippen LogP contribution in [0, 0.1) is 10.1 Å². The van der Waals surface area contributed by atoms with E-state index in [4.69, 9.17) is 9.47 Å². The first-order chi connectivity index (χ1) is 16.4. The molecule has 0 atom stereocenters. The molecule has 0 unspecified atom stereocenters. The molecule has 0 bridgehead atoms. The van der Waals surface area contributed by atoms with E-state index in [1.807, 2.05) is 13.0 Å². The van der Waals surface area contributed by atoms with Gasteiger partial charge in [0.25, 0.3) is 11.6 Å². The molecule has 3 amide bonds. The number of carbonyl (C=O) groups is 2. The number of nitrogens with one attached hydrogen (secondary N) is 1. The van der Waals surface area contributed by atoms with Gasteiger partial charge in [-0.1, -0.05) is 12.2 Å². The number of carbonyl (C=O) groups excluding carboxylic acids is 2. The zero-order valence-electron chi connectivity index (χ0n) is 18.8. The molecule has 0 saturated carbocycles. The van der Waals surface area contributed by atoms with Crippen LogP contribution in [0.5, 0.6) is 11.5 Å². The van der Waals surface area contributed by atoms with Crippen LogP contribution in [0.25, 0.3) is 6.08 Å². The van der Waals surface area contributed by atoms with Gasteiger partial charge in [-0.3, -0.25) is 19.8 Å². The lowest BCUT2D eigenvalue weighted by molar-refractivity contribution is -0.384. The van der Waals surface area contributed by atoms with Crippen LogP contribution in [0.2, 0.25) is 0 Å². The van der Waals surface area contributed by atoms with Gasteiger partial charge in [0.1, 0.15) is 12.3 Å². The fourth-order valence-corrected chi connectivity index (χ4v) is 3.40. The first-order valence-electron chi connectivity index (χ1n) is 10.6. The summed E-state index contributed by atoms with van der Waals surface area (Å²) in [5, 5.41) is 13.4. The van der Waals surface area contributed by atoms with Crippen molar-refractivity contribution >= 4 is 23.7 Å². The van der Waals surface area contributed by atoms with E-state index in [9.17, 15) is 19.7 Å². The van der Waals surface area contributed by atoms with Gasteiger partial charge < -0.3 is 14.8 Å². The number of hydrogen-bond acceptors (Lipinski definition) is 6. The average molecular weight is 463 g/mol. The van der Waals surface area contributed by atoms with Crippen molar-refractivity contribution in [3.05, 3.63) is 94.2 Å². The molecule has 2 aromatic rings. The van der Waals surface area contributed by atoms with Crippen LogP contribution >= 0.6 is 0 Å².